The molecule has 0 aliphatic rings. The summed E-state index contributed by atoms with van der Waals surface area (Å²) in [6.07, 6.45) is 2.99. The summed E-state index contributed by atoms with van der Waals surface area (Å²) >= 11 is 0. The van der Waals surface area contributed by atoms with Crippen LogP contribution in [-0.2, 0) is 13.3 Å². The molecule has 5 nitrogen and oxygen atoms in total. The maximum Gasteiger partial charge on any atom is 0.501 e. The molecular formula is C15H36NO4Si+. The van der Waals surface area contributed by atoms with Crippen LogP contribution in [0.2, 0.25) is 6.04 Å². The Morgan fingerprint density at radius 3 is 1.71 bits per heavy atom. The quantitative estimate of drug-likeness (QED) is 0.303. The summed E-state index contributed by atoms with van der Waals surface area (Å²) < 4.78 is 18.6. The molecule has 0 aliphatic carbocycles. The van der Waals surface area contributed by atoms with Crippen molar-refractivity contribution in [1.29, 1.82) is 0 Å². The van der Waals surface area contributed by atoms with Gasteiger partial charge in [0.2, 0.25) is 0 Å². The Morgan fingerprint density at radius 2 is 1.29 bits per heavy atom. The molecule has 0 aromatic heterocycles. The lowest BCUT2D eigenvalue weighted by atomic mass is 10.2. The molecule has 0 aromatic rings. The SMILES string of the molecule is CCO[Si](CCC[N+](C)(C)CCCCO)(OCC)OCC. The molecule has 0 saturated heterocycles. The number of rotatable bonds is 14. The topological polar surface area (TPSA) is 47.9 Å². The molecule has 0 saturated carbocycles. The van der Waals surface area contributed by atoms with Gasteiger partial charge < -0.3 is 22.9 Å². The molecular weight excluding hydrogens is 286 g/mol. The summed E-state index contributed by atoms with van der Waals surface area (Å²) in [5, 5.41) is 8.87. The van der Waals surface area contributed by atoms with Crippen LogP contribution >= 0.6 is 0 Å². The van der Waals surface area contributed by atoms with Crippen LogP contribution in [0.4, 0.5) is 0 Å². The van der Waals surface area contributed by atoms with E-state index < -0.39 is 8.80 Å². The van der Waals surface area contributed by atoms with Crippen LogP contribution in [0.5, 0.6) is 0 Å². The summed E-state index contributed by atoms with van der Waals surface area (Å²) in [7, 11) is 1.99. The minimum Gasteiger partial charge on any atom is -0.396 e. The third kappa shape index (κ3) is 9.60. The Bertz CT molecular complexity index is 235. The molecule has 0 radical (unpaired) electrons. The van der Waals surface area contributed by atoms with Gasteiger partial charge >= 0.3 is 8.80 Å². The van der Waals surface area contributed by atoms with Crippen molar-refractivity contribution in [3.05, 3.63) is 0 Å². The highest BCUT2D eigenvalue weighted by Gasteiger charge is 2.40. The van der Waals surface area contributed by atoms with Crippen LogP contribution in [-0.4, -0.2) is 72.0 Å². The number of unbranched alkanes of at least 4 members (excludes halogenated alkanes) is 1. The number of hydrogen-bond acceptors (Lipinski definition) is 4. The lowest BCUT2D eigenvalue weighted by molar-refractivity contribution is -0.890. The predicted molar refractivity (Wildman–Crippen MR) is 88.2 cm³/mol. The van der Waals surface area contributed by atoms with Crippen molar-refractivity contribution in [3.63, 3.8) is 0 Å². The Morgan fingerprint density at radius 1 is 0.810 bits per heavy atom. The van der Waals surface area contributed by atoms with Gasteiger partial charge in [0, 0.05) is 38.9 Å². The Labute approximate surface area is 132 Å². The minimum atomic E-state index is -2.48. The van der Waals surface area contributed by atoms with Gasteiger partial charge in [-0.2, -0.15) is 0 Å². The first-order valence-electron chi connectivity index (χ1n) is 8.30. The zero-order chi connectivity index (χ0) is 16.2. The number of aliphatic hydroxyl groups is 1. The van der Waals surface area contributed by atoms with Crippen LogP contribution in [0, 0.1) is 0 Å². The van der Waals surface area contributed by atoms with E-state index in [1.54, 1.807) is 0 Å². The first-order chi connectivity index (χ1) is 9.95. The van der Waals surface area contributed by atoms with Gasteiger partial charge in [0.05, 0.1) is 27.2 Å². The van der Waals surface area contributed by atoms with Gasteiger partial charge in [-0.3, -0.25) is 0 Å². The highest BCUT2D eigenvalue weighted by molar-refractivity contribution is 6.60. The fourth-order valence-corrected chi connectivity index (χ4v) is 5.08. The van der Waals surface area contributed by atoms with Gasteiger partial charge in [0.25, 0.3) is 0 Å². The van der Waals surface area contributed by atoms with Crippen molar-refractivity contribution < 1.29 is 22.9 Å². The van der Waals surface area contributed by atoms with Gasteiger partial charge in [-0.05, 0) is 33.6 Å². The van der Waals surface area contributed by atoms with Crippen LogP contribution in [0.3, 0.4) is 0 Å². The first-order valence-corrected chi connectivity index (χ1v) is 10.2. The Kier molecular flexibility index (Phi) is 11.6. The third-order valence-corrected chi connectivity index (χ3v) is 6.66. The van der Waals surface area contributed by atoms with Crippen molar-refractivity contribution >= 4 is 8.80 Å². The van der Waals surface area contributed by atoms with Gasteiger partial charge in [0.15, 0.2) is 0 Å². The molecule has 0 heterocycles. The van der Waals surface area contributed by atoms with E-state index in [0.717, 1.165) is 42.9 Å². The number of aliphatic hydroxyl groups excluding tert-OH is 1. The van der Waals surface area contributed by atoms with Gasteiger partial charge in [-0.25, -0.2) is 0 Å². The Hall–Kier alpha value is 0.0169. The lowest BCUT2D eigenvalue weighted by Crippen LogP contribution is -2.48. The molecule has 0 fully saturated rings. The fraction of sp³-hybridized carbons (Fsp3) is 1.00. The molecule has 128 valence electrons. The standard InChI is InChI=1S/C15H36NO4Si/c1-6-18-21(19-7-2,20-8-3)15-11-13-16(4,5)12-9-10-14-17/h17H,6-15H2,1-5H3/q+1. The van der Waals surface area contributed by atoms with E-state index in [-0.39, 0.29) is 6.61 Å². The molecule has 0 aromatic carbocycles. The summed E-state index contributed by atoms with van der Waals surface area (Å²) in [5.74, 6) is 0. The zero-order valence-corrected chi connectivity index (χ0v) is 15.7. The average Bonchev–Trinajstić information content (AvgIpc) is 2.39. The summed E-state index contributed by atoms with van der Waals surface area (Å²) in [4.78, 5) is 0. The molecule has 0 rings (SSSR count). The fourth-order valence-electron chi connectivity index (χ4n) is 2.49. The summed E-state index contributed by atoms with van der Waals surface area (Å²) in [6.45, 7) is 10.4. The second-order valence-corrected chi connectivity index (χ2v) is 8.63. The molecule has 0 atom stereocenters. The van der Waals surface area contributed by atoms with E-state index >= 15 is 0 Å². The first kappa shape index (κ1) is 21.0. The molecule has 6 heteroatoms. The molecule has 0 unspecified atom stereocenters. The maximum atomic E-state index is 8.87. The zero-order valence-electron chi connectivity index (χ0n) is 14.7. The molecule has 0 aliphatic heterocycles. The van der Waals surface area contributed by atoms with Crippen LogP contribution in [0.1, 0.15) is 40.0 Å². The van der Waals surface area contributed by atoms with E-state index in [2.05, 4.69) is 14.1 Å². The normalized spacial score (nSPS) is 12.9. The van der Waals surface area contributed by atoms with E-state index in [9.17, 15) is 0 Å². The van der Waals surface area contributed by atoms with E-state index in [4.69, 9.17) is 18.4 Å². The van der Waals surface area contributed by atoms with Gasteiger partial charge in [-0.15, -0.1) is 0 Å². The van der Waals surface area contributed by atoms with E-state index in [0.29, 0.717) is 19.8 Å². The molecule has 0 bridgehead atoms. The van der Waals surface area contributed by atoms with Crippen molar-refractivity contribution in [3.8, 4) is 0 Å². The maximum absolute atomic E-state index is 8.87. The number of quaternary nitrogens is 1. The second-order valence-electron chi connectivity index (χ2n) is 5.90. The van der Waals surface area contributed by atoms with Crippen molar-refractivity contribution in [2.75, 3.05) is 53.6 Å². The number of nitrogens with zero attached hydrogens (tertiary/aromatic N) is 1. The number of hydrogen-bond donors (Lipinski definition) is 1. The lowest BCUT2D eigenvalue weighted by Gasteiger charge is -2.32. The molecule has 1 N–H and O–H groups in total. The highest BCUT2D eigenvalue weighted by Crippen LogP contribution is 2.19. The molecule has 0 amide bonds. The molecule has 0 spiro atoms. The van der Waals surface area contributed by atoms with Gasteiger partial charge in [-0.1, -0.05) is 0 Å². The van der Waals surface area contributed by atoms with Crippen molar-refractivity contribution in [2.45, 2.75) is 46.1 Å². The second kappa shape index (κ2) is 11.6. The van der Waals surface area contributed by atoms with Crippen molar-refractivity contribution in [1.82, 2.24) is 0 Å². The predicted octanol–water partition coefficient (Wildman–Crippen LogP) is 2.27. The van der Waals surface area contributed by atoms with Crippen LogP contribution < -0.4 is 0 Å². The van der Waals surface area contributed by atoms with E-state index in [1.165, 1.54) is 0 Å². The van der Waals surface area contributed by atoms with Crippen molar-refractivity contribution in [2.24, 2.45) is 0 Å². The smallest absolute Gasteiger partial charge is 0.396 e. The van der Waals surface area contributed by atoms with E-state index in [1.807, 2.05) is 20.8 Å². The Balaban J connectivity index is 4.32. The largest absolute Gasteiger partial charge is 0.501 e. The average molecular weight is 323 g/mol. The van der Waals surface area contributed by atoms with Crippen LogP contribution in [0.15, 0.2) is 0 Å². The monoisotopic (exact) mass is 322 g/mol. The summed E-state index contributed by atoms with van der Waals surface area (Å²) in [5.41, 5.74) is 0. The van der Waals surface area contributed by atoms with Gasteiger partial charge in [0.1, 0.15) is 0 Å². The summed E-state index contributed by atoms with van der Waals surface area (Å²) in [6, 6.07) is 0.879. The third-order valence-electron chi connectivity index (χ3n) is 3.51. The minimum absolute atomic E-state index is 0.287. The van der Waals surface area contributed by atoms with Crippen LogP contribution in [0.25, 0.3) is 0 Å². The molecule has 21 heavy (non-hydrogen) atoms. The highest BCUT2D eigenvalue weighted by atomic mass is 28.4.